The van der Waals surface area contributed by atoms with Crippen molar-refractivity contribution in [2.24, 2.45) is 4.99 Å². The number of rotatable bonds is 8. The lowest BCUT2D eigenvalue weighted by atomic mass is 10.1. The van der Waals surface area contributed by atoms with Gasteiger partial charge in [0, 0.05) is 37.2 Å². The molecular weight excluding hydrogens is 424 g/mol. The largest absolute Gasteiger partial charge is 0.361 e. The van der Waals surface area contributed by atoms with E-state index in [-0.39, 0.29) is 23.8 Å². The number of aliphatic imine (C=N–C) groups is 1. The summed E-state index contributed by atoms with van der Waals surface area (Å²) in [6.07, 6.45) is 2.51. The fourth-order valence-electron chi connectivity index (χ4n) is 3.09. The number of H-pyrrole nitrogens is 1. The molecule has 1 aromatic heterocycles. The van der Waals surface area contributed by atoms with E-state index < -0.39 is 15.8 Å². The molecule has 166 valence electrons. The van der Waals surface area contributed by atoms with Crippen LogP contribution in [0.2, 0.25) is 0 Å². The van der Waals surface area contributed by atoms with Gasteiger partial charge in [-0.2, -0.15) is 0 Å². The van der Waals surface area contributed by atoms with Crippen molar-refractivity contribution >= 4 is 32.6 Å². The molecule has 0 aliphatic carbocycles. The van der Waals surface area contributed by atoms with E-state index in [1.54, 1.807) is 20.0 Å². The average Bonchev–Trinajstić information content (AvgIpc) is 3.11. The Bertz CT molecular complexity index is 1190. The maximum absolute atomic E-state index is 13.6. The number of nitrogens with zero attached hydrogens (tertiary/aromatic N) is 1. The lowest BCUT2D eigenvalue weighted by molar-refractivity contribution is 0.599. The van der Waals surface area contributed by atoms with Crippen molar-refractivity contribution in [1.29, 1.82) is 0 Å². The van der Waals surface area contributed by atoms with Crippen LogP contribution in [0.4, 0.5) is 14.5 Å². The number of nitrogens with one attached hydrogen (secondary N) is 4. The molecule has 7 nitrogen and oxygen atoms in total. The molecule has 3 rings (SSSR count). The number of guanidine groups is 1. The van der Waals surface area contributed by atoms with E-state index >= 15 is 0 Å². The van der Waals surface area contributed by atoms with Gasteiger partial charge in [0.15, 0.2) is 5.96 Å². The number of anilines is 1. The van der Waals surface area contributed by atoms with Crippen molar-refractivity contribution in [3.05, 3.63) is 65.4 Å². The highest BCUT2D eigenvalue weighted by molar-refractivity contribution is 7.92. The molecule has 0 amide bonds. The minimum absolute atomic E-state index is 0.121. The molecule has 4 N–H and O–H groups in total. The minimum Gasteiger partial charge on any atom is -0.361 e. The summed E-state index contributed by atoms with van der Waals surface area (Å²) in [5.41, 5.74) is 2.40. The molecule has 3 aromatic rings. The van der Waals surface area contributed by atoms with Crippen LogP contribution in [0.3, 0.4) is 0 Å². The van der Waals surface area contributed by atoms with Crippen LogP contribution in [0.25, 0.3) is 10.9 Å². The van der Waals surface area contributed by atoms with E-state index in [9.17, 15) is 17.2 Å². The third kappa shape index (κ3) is 6.17. The van der Waals surface area contributed by atoms with Crippen molar-refractivity contribution in [1.82, 2.24) is 15.6 Å². The summed E-state index contributed by atoms with van der Waals surface area (Å²) in [5, 5.41) is 7.02. The predicted octanol–water partition coefficient (Wildman–Crippen LogP) is 2.90. The summed E-state index contributed by atoms with van der Waals surface area (Å²) in [7, 11) is -2.06. The van der Waals surface area contributed by atoms with Gasteiger partial charge in [-0.1, -0.05) is 6.07 Å². The zero-order chi connectivity index (χ0) is 22.4. The van der Waals surface area contributed by atoms with Crippen LogP contribution >= 0.6 is 0 Å². The van der Waals surface area contributed by atoms with Crippen molar-refractivity contribution in [3.63, 3.8) is 0 Å². The van der Waals surface area contributed by atoms with Gasteiger partial charge in [-0.15, -0.1) is 0 Å². The highest BCUT2D eigenvalue weighted by Crippen LogP contribution is 2.19. The van der Waals surface area contributed by atoms with Gasteiger partial charge >= 0.3 is 0 Å². The first-order valence-corrected chi connectivity index (χ1v) is 11.4. The van der Waals surface area contributed by atoms with Gasteiger partial charge in [-0.25, -0.2) is 17.2 Å². The number of sulfonamides is 1. The SMILES string of the molecule is CN=C(NCCc1c[nH]c2cc(F)ccc12)NCCS(=O)(=O)Nc1ccc(C)c(F)c1. The summed E-state index contributed by atoms with van der Waals surface area (Å²) in [6, 6.07) is 8.80. The predicted molar refractivity (Wildman–Crippen MR) is 120 cm³/mol. The molecule has 0 radical (unpaired) electrons. The van der Waals surface area contributed by atoms with E-state index in [1.165, 1.54) is 24.3 Å². The van der Waals surface area contributed by atoms with Crippen molar-refractivity contribution in [2.75, 3.05) is 30.6 Å². The highest BCUT2D eigenvalue weighted by atomic mass is 32.2. The first-order valence-electron chi connectivity index (χ1n) is 9.74. The summed E-state index contributed by atoms with van der Waals surface area (Å²) < 4.78 is 53.7. The van der Waals surface area contributed by atoms with Gasteiger partial charge in [0.05, 0.1) is 11.4 Å². The second-order valence-electron chi connectivity index (χ2n) is 7.06. The Kier molecular flexibility index (Phi) is 7.11. The van der Waals surface area contributed by atoms with Gasteiger partial charge in [0.25, 0.3) is 0 Å². The quantitative estimate of drug-likeness (QED) is 0.314. The van der Waals surface area contributed by atoms with E-state index in [2.05, 4.69) is 25.3 Å². The maximum atomic E-state index is 13.6. The third-order valence-electron chi connectivity index (χ3n) is 4.75. The van der Waals surface area contributed by atoms with Crippen molar-refractivity contribution in [2.45, 2.75) is 13.3 Å². The van der Waals surface area contributed by atoms with Gasteiger partial charge in [0.2, 0.25) is 10.0 Å². The molecule has 0 atom stereocenters. The molecule has 0 aliphatic heterocycles. The van der Waals surface area contributed by atoms with Crippen LogP contribution in [0.15, 0.2) is 47.6 Å². The van der Waals surface area contributed by atoms with Crippen LogP contribution in [-0.2, 0) is 16.4 Å². The summed E-state index contributed by atoms with van der Waals surface area (Å²) >= 11 is 0. The number of hydrogen-bond donors (Lipinski definition) is 4. The van der Waals surface area contributed by atoms with Crippen LogP contribution < -0.4 is 15.4 Å². The van der Waals surface area contributed by atoms with Gasteiger partial charge in [0.1, 0.15) is 11.6 Å². The normalized spacial score (nSPS) is 12.2. The molecule has 0 aliphatic rings. The number of aryl methyl sites for hydroxylation is 1. The van der Waals surface area contributed by atoms with E-state index in [1.807, 2.05) is 6.20 Å². The Morgan fingerprint density at radius 1 is 1.10 bits per heavy atom. The van der Waals surface area contributed by atoms with Crippen LogP contribution in [0.1, 0.15) is 11.1 Å². The molecule has 0 saturated carbocycles. The fraction of sp³-hybridized carbons (Fsp3) is 0.286. The Morgan fingerprint density at radius 2 is 1.87 bits per heavy atom. The van der Waals surface area contributed by atoms with E-state index in [0.717, 1.165) is 22.5 Å². The number of aromatic amines is 1. The second kappa shape index (κ2) is 9.78. The lowest BCUT2D eigenvalue weighted by Gasteiger charge is -2.13. The standard InChI is InChI=1S/C21H25F2N5O2S/c1-14-3-5-17(12-19(14)23)28-31(29,30)10-9-26-21(24-2)25-8-7-15-13-27-20-11-16(22)4-6-18(15)20/h3-6,11-13,27-28H,7-10H2,1-2H3,(H2,24,25,26). The molecule has 0 bridgehead atoms. The van der Waals surface area contributed by atoms with Crippen LogP contribution in [0, 0.1) is 18.6 Å². The number of aromatic nitrogens is 1. The molecule has 0 spiro atoms. The summed E-state index contributed by atoms with van der Waals surface area (Å²) in [6.45, 7) is 2.28. The molecule has 0 saturated heterocycles. The Hall–Kier alpha value is -3.14. The van der Waals surface area contributed by atoms with Gasteiger partial charge < -0.3 is 15.6 Å². The molecule has 0 unspecified atom stereocenters. The first-order chi connectivity index (χ1) is 14.8. The molecule has 31 heavy (non-hydrogen) atoms. The fourth-order valence-corrected chi connectivity index (χ4v) is 4.05. The minimum atomic E-state index is -3.65. The van der Waals surface area contributed by atoms with Gasteiger partial charge in [-0.3, -0.25) is 9.71 Å². The molecule has 10 heteroatoms. The molecule has 2 aromatic carbocycles. The monoisotopic (exact) mass is 449 g/mol. The number of benzene rings is 2. The Morgan fingerprint density at radius 3 is 2.61 bits per heavy atom. The van der Waals surface area contributed by atoms with Crippen LogP contribution in [0.5, 0.6) is 0 Å². The highest BCUT2D eigenvalue weighted by Gasteiger charge is 2.12. The maximum Gasteiger partial charge on any atom is 0.234 e. The average molecular weight is 450 g/mol. The number of halogens is 2. The van der Waals surface area contributed by atoms with Crippen molar-refractivity contribution in [3.8, 4) is 0 Å². The summed E-state index contributed by atoms with van der Waals surface area (Å²) in [5.74, 6) is -0.511. The number of hydrogen-bond acceptors (Lipinski definition) is 3. The van der Waals surface area contributed by atoms with E-state index in [4.69, 9.17) is 0 Å². The Labute approximate surface area is 180 Å². The molecule has 1 heterocycles. The Balaban J connectivity index is 1.46. The van der Waals surface area contributed by atoms with Crippen LogP contribution in [-0.4, -0.2) is 45.3 Å². The smallest absolute Gasteiger partial charge is 0.234 e. The summed E-state index contributed by atoms with van der Waals surface area (Å²) in [4.78, 5) is 7.13. The van der Waals surface area contributed by atoms with E-state index in [0.29, 0.717) is 24.5 Å². The first kappa shape index (κ1) is 22.5. The number of fused-ring (bicyclic) bond motifs is 1. The van der Waals surface area contributed by atoms with Crippen molar-refractivity contribution < 1.29 is 17.2 Å². The molecular formula is C21H25F2N5O2S. The molecule has 0 fully saturated rings. The zero-order valence-corrected chi connectivity index (χ0v) is 18.1. The third-order valence-corrected chi connectivity index (χ3v) is 6.04. The second-order valence-corrected chi connectivity index (χ2v) is 8.91. The topological polar surface area (TPSA) is 98.4 Å². The lowest BCUT2D eigenvalue weighted by Crippen LogP contribution is -2.40. The van der Waals surface area contributed by atoms with Gasteiger partial charge in [-0.05, 0) is 54.8 Å². The zero-order valence-electron chi connectivity index (χ0n) is 17.3.